The highest BCUT2D eigenvalue weighted by Gasteiger charge is 2.37. The molecule has 0 radical (unpaired) electrons. The Labute approximate surface area is 161 Å². The summed E-state index contributed by atoms with van der Waals surface area (Å²) in [5, 5.41) is 10.7. The van der Waals surface area contributed by atoms with Crippen molar-refractivity contribution < 1.29 is 19.2 Å². The van der Waals surface area contributed by atoms with Crippen molar-refractivity contribution in [1.29, 1.82) is 0 Å². The molecule has 2 amide bonds. The van der Waals surface area contributed by atoms with E-state index in [1.165, 1.54) is 17.0 Å². The number of amides is 2. The maximum atomic E-state index is 12.6. The fourth-order valence-electron chi connectivity index (χ4n) is 3.52. The third-order valence-electron chi connectivity index (χ3n) is 5.03. The van der Waals surface area contributed by atoms with Gasteiger partial charge in [-0.05, 0) is 61.2 Å². The van der Waals surface area contributed by atoms with Crippen LogP contribution in [0.1, 0.15) is 24.8 Å². The molecule has 4 rings (SSSR count). The quantitative estimate of drug-likeness (QED) is 0.449. The smallest absolute Gasteiger partial charge is 0.269 e. The van der Waals surface area contributed by atoms with E-state index in [4.69, 9.17) is 4.74 Å². The van der Waals surface area contributed by atoms with Gasteiger partial charge in [-0.15, -0.1) is 0 Å². The minimum absolute atomic E-state index is 0.0313. The van der Waals surface area contributed by atoms with E-state index < -0.39 is 4.92 Å². The SMILES string of the molecule is O=C1C2=CC(CCC2)C(=O)N1c1ccc(OCc2ccc([N+](=O)[O-])cc2)cc1. The number of hydrogen-bond acceptors (Lipinski definition) is 5. The lowest BCUT2D eigenvalue weighted by Crippen LogP contribution is -2.46. The number of nitro benzene ring substituents is 1. The lowest BCUT2D eigenvalue weighted by atomic mass is 9.85. The number of anilines is 1. The second-order valence-corrected chi connectivity index (χ2v) is 6.88. The molecule has 1 heterocycles. The summed E-state index contributed by atoms with van der Waals surface area (Å²) >= 11 is 0. The number of nitrogens with zero attached hydrogens (tertiary/aromatic N) is 2. The first-order valence-corrected chi connectivity index (χ1v) is 9.08. The normalized spacial score (nSPS) is 18.6. The zero-order chi connectivity index (χ0) is 19.7. The number of nitro groups is 1. The number of benzene rings is 2. The second kappa shape index (κ2) is 7.26. The highest BCUT2D eigenvalue weighted by atomic mass is 16.6. The summed E-state index contributed by atoms with van der Waals surface area (Å²) in [4.78, 5) is 36.7. The molecule has 2 aromatic carbocycles. The van der Waals surface area contributed by atoms with Crippen molar-refractivity contribution in [2.24, 2.45) is 5.92 Å². The number of ether oxygens (including phenoxy) is 1. The van der Waals surface area contributed by atoms with Crippen molar-refractivity contribution in [1.82, 2.24) is 0 Å². The fraction of sp³-hybridized carbons (Fsp3) is 0.238. The molecule has 1 aliphatic carbocycles. The van der Waals surface area contributed by atoms with E-state index in [0.717, 1.165) is 24.8 Å². The number of carbonyl (C=O) groups excluding carboxylic acids is 2. The molecular weight excluding hydrogens is 360 g/mol. The van der Waals surface area contributed by atoms with E-state index >= 15 is 0 Å². The van der Waals surface area contributed by atoms with E-state index in [2.05, 4.69) is 0 Å². The monoisotopic (exact) mass is 378 g/mol. The molecule has 0 saturated heterocycles. The lowest BCUT2D eigenvalue weighted by Gasteiger charge is -2.33. The standard InChI is InChI=1S/C21H18N2O5/c24-20-15-2-1-3-16(12-15)21(25)22(20)17-8-10-19(11-9-17)28-13-14-4-6-18(7-5-14)23(26)27/h4-12,15H,1-3,13H2. The van der Waals surface area contributed by atoms with E-state index in [-0.39, 0.29) is 30.0 Å². The third-order valence-corrected chi connectivity index (χ3v) is 5.03. The van der Waals surface area contributed by atoms with Crippen LogP contribution in [0.15, 0.2) is 60.2 Å². The lowest BCUT2D eigenvalue weighted by molar-refractivity contribution is -0.384. The molecule has 2 bridgehead atoms. The molecule has 2 aliphatic rings. The van der Waals surface area contributed by atoms with Gasteiger partial charge in [0.2, 0.25) is 5.91 Å². The van der Waals surface area contributed by atoms with Crippen LogP contribution in [0.5, 0.6) is 5.75 Å². The van der Waals surface area contributed by atoms with Crippen LogP contribution in [0.25, 0.3) is 0 Å². The molecular formula is C21H18N2O5. The Balaban J connectivity index is 1.44. The van der Waals surface area contributed by atoms with Crippen molar-refractivity contribution in [2.45, 2.75) is 25.9 Å². The maximum absolute atomic E-state index is 12.6. The first-order valence-electron chi connectivity index (χ1n) is 9.08. The first-order chi connectivity index (χ1) is 13.5. The molecule has 0 spiro atoms. The Morgan fingerprint density at radius 3 is 2.46 bits per heavy atom. The summed E-state index contributed by atoms with van der Waals surface area (Å²) in [5.41, 5.74) is 2.09. The molecule has 1 atom stereocenters. The minimum Gasteiger partial charge on any atom is -0.489 e. The topological polar surface area (TPSA) is 89.8 Å². The van der Waals surface area contributed by atoms with E-state index in [9.17, 15) is 19.7 Å². The summed E-state index contributed by atoms with van der Waals surface area (Å²) in [6.45, 7) is 0.258. The van der Waals surface area contributed by atoms with Gasteiger partial charge in [-0.3, -0.25) is 19.7 Å². The summed E-state index contributed by atoms with van der Waals surface area (Å²) in [5.74, 6) is -0.0357. The van der Waals surface area contributed by atoms with Gasteiger partial charge in [-0.2, -0.15) is 0 Å². The average molecular weight is 378 g/mol. The number of rotatable bonds is 5. The molecule has 0 N–H and O–H groups in total. The Morgan fingerprint density at radius 2 is 1.79 bits per heavy atom. The molecule has 28 heavy (non-hydrogen) atoms. The van der Waals surface area contributed by atoms with Gasteiger partial charge in [0.15, 0.2) is 0 Å². The van der Waals surface area contributed by atoms with Crippen molar-refractivity contribution in [3.05, 3.63) is 75.9 Å². The van der Waals surface area contributed by atoms with Crippen LogP contribution < -0.4 is 9.64 Å². The molecule has 0 saturated carbocycles. The van der Waals surface area contributed by atoms with Crippen LogP contribution in [0.4, 0.5) is 11.4 Å². The van der Waals surface area contributed by atoms with Gasteiger partial charge < -0.3 is 4.74 Å². The Morgan fingerprint density at radius 1 is 1.07 bits per heavy atom. The molecule has 1 aliphatic heterocycles. The largest absolute Gasteiger partial charge is 0.489 e. The van der Waals surface area contributed by atoms with Crippen LogP contribution in [0.3, 0.4) is 0 Å². The average Bonchev–Trinajstić information content (AvgIpc) is 2.72. The van der Waals surface area contributed by atoms with Crippen molar-refractivity contribution in [3.63, 3.8) is 0 Å². The van der Waals surface area contributed by atoms with E-state index in [1.54, 1.807) is 36.4 Å². The minimum atomic E-state index is -0.448. The highest BCUT2D eigenvalue weighted by molar-refractivity contribution is 6.24. The predicted molar refractivity (Wildman–Crippen MR) is 102 cm³/mol. The zero-order valence-electron chi connectivity index (χ0n) is 15.0. The summed E-state index contributed by atoms with van der Waals surface area (Å²) in [6, 6.07) is 13.0. The fourth-order valence-corrected chi connectivity index (χ4v) is 3.52. The number of fused-ring (bicyclic) bond motifs is 1. The maximum Gasteiger partial charge on any atom is 0.269 e. The molecule has 2 aromatic rings. The van der Waals surface area contributed by atoms with Crippen LogP contribution in [-0.4, -0.2) is 16.7 Å². The van der Waals surface area contributed by atoms with Gasteiger partial charge in [0, 0.05) is 17.7 Å². The molecule has 1 unspecified atom stereocenters. The van der Waals surface area contributed by atoms with Crippen molar-refractivity contribution in [2.75, 3.05) is 4.90 Å². The van der Waals surface area contributed by atoms with Crippen LogP contribution in [0.2, 0.25) is 0 Å². The molecule has 7 nitrogen and oxygen atoms in total. The van der Waals surface area contributed by atoms with E-state index in [1.807, 2.05) is 6.08 Å². The molecule has 7 heteroatoms. The van der Waals surface area contributed by atoms with Gasteiger partial charge in [-0.25, -0.2) is 4.90 Å². The van der Waals surface area contributed by atoms with Crippen LogP contribution in [0, 0.1) is 16.0 Å². The number of imide groups is 1. The first kappa shape index (κ1) is 17.9. The van der Waals surface area contributed by atoms with Crippen LogP contribution in [-0.2, 0) is 16.2 Å². The molecule has 0 fully saturated rings. The number of carbonyl (C=O) groups is 2. The van der Waals surface area contributed by atoms with Gasteiger partial charge in [0.1, 0.15) is 12.4 Å². The van der Waals surface area contributed by atoms with Crippen molar-refractivity contribution >= 4 is 23.2 Å². The van der Waals surface area contributed by atoms with Gasteiger partial charge >= 0.3 is 0 Å². The molecule has 142 valence electrons. The summed E-state index contributed by atoms with van der Waals surface area (Å²) in [6.07, 6.45) is 4.18. The number of non-ortho nitro benzene ring substituents is 1. The Bertz CT molecular complexity index is 963. The molecule has 0 aromatic heterocycles. The van der Waals surface area contributed by atoms with Gasteiger partial charge in [0.25, 0.3) is 11.6 Å². The highest BCUT2D eigenvalue weighted by Crippen LogP contribution is 2.34. The number of hydrogen-bond donors (Lipinski definition) is 0. The van der Waals surface area contributed by atoms with Crippen LogP contribution >= 0.6 is 0 Å². The predicted octanol–water partition coefficient (Wildman–Crippen LogP) is 3.77. The Hall–Kier alpha value is -3.48. The second-order valence-electron chi connectivity index (χ2n) is 6.88. The zero-order valence-corrected chi connectivity index (χ0v) is 15.0. The van der Waals surface area contributed by atoms with Crippen molar-refractivity contribution in [3.8, 4) is 5.75 Å². The van der Waals surface area contributed by atoms with Gasteiger partial charge in [0.05, 0.1) is 16.5 Å². The van der Waals surface area contributed by atoms with E-state index in [0.29, 0.717) is 17.0 Å². The van der Waals surface area contributed by atoms with Gasteiger partial charge in [-0.1, -0.05) is 6.08 Å². The summed E-state index contributed by atoms with van der Waals surface area (Å²) < 4.78 is 5.69. The Kier molecular flexibility index (Phi) is 4.65. The third kappa shape index (κ3) is 3.38. The summed E-state index contributed by atoms with van der Waals surface area (Å²) in [7, 11) is 0.